The number of ketones is 1. The van der Waals surface area contributed by atoms with Gasteiger partial charge in [0.15, 0.2) is 11.5 Å². The smallest absolute Gasteiger partial charge is 0.231 e. The second kappa shape index (κ2) is 7.50. The van der Waals surface area contributed by atoms with E-state index in [2.05, 4.69) is 26.0 Å². The summed E-state index contributed by atoms with van der Waals surface area (Å²) in [5, 5.41) is 0. The van der Waals surface area contributed by atoms with Crippen molar-refractivity contribution in [3.8, 4) is 22.6 Å². The lowest BCUT2D eigenvalue weighted by molar-refractivity contribution is -0.120. The van der Waals surface area contributed by atoms with Crippen LogP contribution in [0, 0.1) is 13.8 Å². The molecule has 5 nitrogen and oxygen atoms in total. The summed E-state index contributed by atoms with van der Waals surface area (Å²) < 4.78 is 10.9. The van der Waals surface area contributed by atoms with Crippen molar-refractivity contribution in [2.24, 2.45) is 5.73 Å². The molecule has 3 aromatic rings. The van der Waals surface area contributed by atoms with Gasteiger partial charge in [0.05, 0.1) is 11.1 Å². The number of nitrogens with zero attached hydrogens (tertiary/aromatic N) is 1. The minimum atomic E-state index is -0.417. The Bertz CT molecular complexity index is 1170. The molecule has 1 aromatic heterocycles. The maximum atomic E-state index is 13.4. The fourth-order valence-corrected chi connectivity index (χ4v) is 4.41. The molecule has 5 rings (SSSR count). The van der Waals surface area contributed by atoms with E-state index in [1.165, 1.54) is 0 Å². The minimum Gasteiger partial charge on any atom is -0.454 e. The highest BCUT2D eigenvalue weighted by Crippen LogP contribution is 2.51. The second-order valence-corrected chi connectivity index (χ2v) is 8.52. The highest BCUT2D eigenvalue weighted by Gasteiger charge is 2.51. The SMILES string of the molecule is Cc1c(-c2ccc(CN)cc2)cnc(CC(=O)C2(c3ccc4c(c3)OCO4)CC2)c1C.[HH].[HH]. The molecule has 0 saturated heterocycles. The van der Waals surface area contributed by atoms with Crippen LogP contribution in [0.25, 0.3) is 11.1 Å². The first kappa shape index (κ1) is 19.8. The summed E-state index contributed by atoms with van der Waals surface area (Å²) in [6, 6.07) is 14.1. The number of aromatic nitrogens is 1. The van der Waals surface area contributed by atoms with E-state index in [1.54, 1.807) is 0 Å². The fourth-order valence-electron chi connectivity index (χ4n) is 4.41. The van der Waals surface area contributed by atoms with Crippen molar-refractivity contribution in [1.82, 2.24) is 4.98 Å². The summed E-state index contributed by atoms with van der Waals surface area (Å²) >= 11 is 0. The Labute approximate surface area is 185 Å². The molecule has 31 heavy (non-hydrogen) atoms. The van der Waals surface area contributed by atoms with Crippen LogP contribution < -0.4 is 15.2 Å². The molecule has 1 saturated carbocycles. The summed E-state index contributed by atoms with van der Waals surface area (Å²) in [7, 11) is 0. The maximum absolute atomic E-state index is 13.4. The molecule has 0 unspecified atom stereocenters. The average Bonchev–Trinajstić information content (AvgIpc) is 3.48. The Morgan fingerprint density at radius 1 is 1.06 bits per heavy atom. The normalized spacial score (nSPS) is 15.7. The van der Waals surface area contributed by atoms with Crippen LogP contribution in [0.15, 0.2) is 48.7 Å². The molecular weight excluding hydrogens is 388 g/mol. The summed E-state index contributed by atoms with van der Waals surface area (Å²) in [6.45, 7) is 4.93. The zero-order chi connectivity index (χ0) is 21.6. The Morgan fingerprint density at radius 3 is 2.52 bits per heavy atom. The van der Waals surface area contributed by atoms with Crippen molar-refractivity contribution in [3.63, 3.8) is 0 Å². The van der Waals surface area contributed by atoms with Gasteiger partial charge in [-0.2, -0.15) is 0 Å². The van der Waals surface area contributed by atoms with E-state index < -0.39 is 5.41 Å². The standard InChI is InChI=1S/C26H26N2O3.2H2/c1-16-17(2)22(28-14-21(16)19-5-3-18(13-27)4-6-19)12-25(29)26(9-10-26)20-7-8-23-24(11-20)31-15-30-23;;/h3-8,11,14H,9-10,12-13,15,27H2,1-2H3;2*1H. The molecule has 1 aliphatic heterocycles. The van der Waals surface area contributed by atoms with E-state index in [-0.39, 0.29) is 15.4 Å². The molecule has 0 bridgehead atoms. The number of Topliss-reactive ketones (excluding diaryl/α,β-unsaturated/α-hetero) is 1. The third-order valence-corrected chi connectivity index (χ3v) is 6.79. The fraction of sp³-hybridized carbons (Fsp3) is 0.308. The summed E-state index contributed by atoms with van der Waals surface area (Å²) in [6.07, 6.45) is 3.97. The zero-order valence-corrected chi connectivity index (χ0v) is 17.9. The molecule has 5 heteroatoms. The van der Waals surface area contributed by atoms with Gasteiger partial charge in [-0.1, -0.05) is 30.3 Å². The third-order valence-electron chi connectivity index (χ3n) is 6.79. The Balaban J connectivity index is 0.00000153. The molecule has 162 valence electrons. The maximum Gasteiger partial charge on any atom is 0.231 e. The lowest BCUT2D eigenvalue weighted by Crippen LogP contribution is -2.23. The van der Waals surface area contributed by atoms with Gasteiger partial charge in [0.25, 0.3) is 0 Å². The van der Waals surface area contributed by atoms with E-state index in [9.17, 15) is 4.79 Å². The molecule has 1 fully saturated rings. The van der Waals surface area contributed by atoms with Gasteiger partial charge in [-0.05, 0) is 66.6 Å². The van der Waals surface area contributed by atoms with Crippen LogP contribution in [-0.4, -0.2) is 17.6 Å². The molecule has 0 radical (unpaired) electrons. The first-order chi connectivity index (χ1) is 15.0. The Kier molecular flexibility index (Phi) is 4.78. The number of carbonyl (C=O) groups is 1. The van der Waals surface area contributed by atoms with Gasteiger partial charge < -0.3 is 15.2 Å². The number of ether oxygens (including phenoxy) is 2. The number of fused-ring (bicyclic) bond motifs is 1. The topological polar surface area (TPSA) is 74.4 Å². The van der Waals surface area contributed by atoms with Gasteiger partial charge in [-0.15, -0.1) is 0 Å². The van der Waals surface area contributed by atoms with Crippen molar-refractivity contribution in [2.45, 2.75) is 45.1 Å². The summed E-state index contributed by atoms with van der Waals surface area (Å²) in [5.41, 5.74) is 12.7. The van der Waals surface area contributed by atoms with Crippen LogP contribution >= 0.6 is 0 Å². The van der Waals surface area contributed by atoms with Crippen molar-refractivity contribution in [2.75, 3.05) is 6.79 Å². The van der Waals surface area contributed by atoms with Crippen LogP contribution in [-0.2, 0) is 23.2 Å². The van der Waals surface area contributed by atoms with E-state index in [4.69, 9.17) is 20.2 Å². The minimum absolute atomic E-state index is 0. The molecule has 1 aliphatic carbocycles. The first-order valence-corrected chi connectivity index (χ1v) is 10.7. The number of hydrogen-bond acceptors (Lipinski definition) is 5. The van der Waals surface area contributed by atoms with Crippen LogP contribution in [0.3, 0.4) is 0 Å². The molecular formula is C26H30N2O3. The molecule has 0 amide bonds. The van der Waals surface area contributed by atoms with Gasteiger partial charge in [-0.3, -0.25) is 9.78 Å². The summed E-state index contributed by atoms with van der Waals surface area (Å²) in [4.78, 5) is 18.1. The van der Waals surface area contributed by atoms with E-state index >= 15 is 0 Å². The zero-order valence-electron chi connectivity index (χ0n) is 17.9. The van der Waals surface area contributed by atoms with Crippen LogP contribution in [0.1, 0.15) is 43.6 Å². The number of nitrogens with two attached hydrogens (primary N) is 1. The van der Waals surface area contributed by atoms with Gasteiger partial charge in [0.2, 0.25) is 6.79 Å². The van der Waals surface area contributed by atoms with Crippen LogP contribution in [0.5, 0.6) is 11.5 Å². The van der Waals surface area contributed by atoms with Gasteiger partial charge in [-0.25, -0.2) is 0 Å². The number of hydrogen-bond donors (Lipinski definition) is 1. The predicted molar refractivity (Wildman–Crippen MR) is 123 cm³/mol. The monoisotopic (exact) mass is 418 g/mol. The molecule has 2 aromatic carbocycles. The summed E-state index contributed by atoms with van der Waals surface area (Å²) in [5.74, 6) is 1.70. The van der Waals surface area contributed by atoms with Gasteiger partial charge in [0.1, 0.15) is 5.78 Å². The quantitative estimate of drug-likeness (QED) is 0.617. The largest absolute Gasteiger partial charge is 0.454 e. The molecule has 2 aliphatic rings. The molecule has 0 atom stereocenters. The lowest BCUT2D eigenvalue weighted by Gasteiger charge is -2.17. The highest BCUT2D eigenvalue weighted by molar-refractivity contribution is 5.94. The first-order valence-electron chi connectivity index (χ1n) is 10.7. The van der Waals surface area contributed by atoms with E-state index in [0.717, 1.165) is 63.4 Å². The van der Waals surface area contributed by atoms with Crippen molar-refractivity contribution >= 4 is 5.78 Å². The third kappa shape index (κ3) is 3.39. The average molecular weight is 419 g/mol. The highest BCUT2D eigenvalue weighted by atomic mass is 16.7. The van der Waals surface area contributed by atoms with Gasteiger partial charge >= 0.3 is 0 Å². The van der Waals surface area contributed by atoms with Crippen molar-refractivity contribution in [1.29, 1.82) is 0 Å². The molecule has 0 spiro atoms. The Morgan fingerprint density at radius 2 is 1.81 bits per heavy atom. The van der Waals surface area contributed by atoms with Crippen molar-refractivity contribution in [3.05, 3.63) is 76.6 Å². The van der Waals surface area contributed by atoms with Crippen LogP contribution in [0.2, 0.25) is 0 Å². The van der Waals surface area contributed by atoms with Crippen LogP contribution in [0.4, 0.5) is 0 Å². The molecule has 2 heterocycles. The predicted octanol–water partition coefficient (Wildman–Crippen LogP) is 4.89. The van der Waals surface area contributed by atoms with Crippen molar-refractivity contribution < 1.29 is 17.1 Å². The Hall–Kier alpha value is -3.18. The molecule has 2 N–H and O–H groups in total. The van der Waals surface area contributed by atoms with E-state index in [0.29, 0.717) is 13.0 Å². The number of benzene rings is 2. The second-order valence-electron chi connectivity index (χ2n) is 8.52. The number of carbonyl (C=O) groups excluding carboxylic acids is 1. The lowest BCUT2D eigenvalue weighted by atomic mass is 9.87. The van der Waals surface area contributed by atoms with E-state index in [1.807, 2.05) is 36.5 Å². The number of pyridine rings is 1. The van der Waals surface area contributed by atoms with Gasteiger partial charge in [0, 0.05) is 27.6 Å². The number of rotatable bonds is 6.